The maximum absolute atomic E-state index is 6.15. The van der Waals surface area contributed by atoms with Crippen LogP contribution in [0.25, 0.3) is 22.1 Å². The Labute approximate surface area is 165 Å². The summed E-state index contributed by atoms with van der Waals surface area (Å²) in [5.41, 5.74) is 12.4. The highest BCUT2D eigenvalue weighted by Crippen LogP contribution is 2.32. The first-order valence-electron chi connectivity index (χ1n) is 9.78. The van der Waals surface area contributed by atoms with Gasteiger partial charge in [0.25, 0.3) is 0 Å². The molecule has 4 aromatic rings. The lowest BCUT2D eigenvalue weighted by atomic mass is 9.98. The van der Waals surface area contributed by atoms with Gasteiger partial charge in [-0.1, -0.05) is 49.4 Å². The fraction of sp³-hybridized carbons (Fsp3) is 0.200. The van der Waals surface area contributed by atoms with Crippen molar-refractivity contribution in [3.63, 3.8) is 0 Å². The first-order chi connectivity index (χ1) is 13.8. The Kier molecular flexibility index (Phi) is 5.45. The summed E-state index contributed by atoms with van der Waals surface area (Å²) in [6, 6.07) is 23.0. The Bertz CT molecular complexity index is 1080. The molecule has 0 saturated heterocycles. The quantitative estimate of drug-likeness (QED) is 0.450. The molecule has 0 bridgehead atoms. The van der Waals surface area contributed by atoms with Gasteiger partial charge in [-0.2, -0.15) is 0 Å². The van der Waals surface area contributed by atoms with Crippen LogP contribution >= 0.6 is 0 Å². The number of furan rings is 1. The molecular weight excluding hydrogens is 346 g/mol. The maximum atomic E-state index is 6.15. The van der Waals surface area contributed by atoms with Crippen molar-refractivity contribution in [1.82, 2.24) is 0 Å². The van der Waals surface area contributed by atoms with Crippen molar-refractivity contribution in [2.45, 2.75) is 26.4 Å². The van der Waals surface area contributed by atoms with E-state index in [0.29, 0.717) is 13.2 Å². The van der Waals surface area contributed by atoms with Crippen LogP contribution < -0.4 is 10.5 Å². The third-order valence-electron chi connectivity index (χ3n) is 5.03. The molecule has 3 nitrogen and oxygen atoms in total. The van der Waals surface area contributed by atoms with Crippen LogP contribution in [0.5, 0.6) is 5.75 Å². The molecule has 3 heteroatoms. The first kappa shape index (κ1) is 18.3. The topological polar surface area (TPSA) is 48.4 Å². The summed E-state index contributed by atoms with van der Waals surface area (Å²) in [4.78, 5) is 0. The summed E-state index contributed by atoms with van der Waals surface area (Å²) < 4.78 is 11.9. The Hall–Kier alpha value is -3.04. The van der Waals surface area contributed by atoms with Crippen molar-refractivity contribution in [2.75, 3.05) is 6.54 Å². The number of hydrogen-bond donors (Lipinski definition) is 1. The average molecular weight is 371 g/mol. The molecule has 0 amide bonds. The molecule has 1 aromatic heterocycles. The minimum atomic E-state index is 0.521. The molecule has 0 atom stereocenters. The molecule has 0 radical (unpaired) electrons. The largest absolute Gasteiger partial charge is 0.489 e. The SMILES string of the molecule is CCc1ccccc1OCc1cc(-c2cccc(CCN)c2)c2occc2c1. The van der Waals surface area contributed by atoms with Crippen LogP contribution in [0.2, 0.25) is 0 Å². The zero-order valence-corrected chi connectivity index (χ0v) is 16.2. The number of fused-ring (bicyclic) bond motifs is 1. The highest BCUT2D eigenvalue weighted by Gasteiger charge is 2.11. The summed E-state index contributed by atoms with van der Waals surface area (Å²) in [5, 5.41) is 1.09. The van der Waals surface area contributed by atoms with Gasteiger partial charge in [0.05, 0.1) is 6.26 Å². The molecule has 142 valence electrons. The van der Waals surface area contributed by atoms with Crippen LogP contribution in [0.1, 0.15) is 23.6 Å². The average Bonchev–Trinajstić information content (AvgIpc) is 3.21. The molecular formula is C25H25NO2. The minimum absolute atomic E-state index is 0.521. The van der Waals surface area contributed by atoms with Crippen LogP contribution in [0.4, 0.5) is 0 Å². The molecule has 0 aliphatic heterocycles. The first-order valence-corrected chi connectivity index (χ1v) is 9.78. The van der Waals surface area contributed by atoms with Gasteiger partial charge < -0.3 is 14.9 Å². The predicted molar refractivity (Wildman–Crippen MR) is 115 cm³/mol. The van der Waals surface area contributed by atoms with Crippen molar-refractivity contribution in [3.8, 4) is 16.9 Å². The summed E-state index contributed by atoms with van der Waals surface area (Å²) in [6.07, 6.45) is 3.57. The summed E-state index contributed by atoms with van der Waals surface area (Å²) >= 11 is 0. The second kappa shape index (κ2) is 8.32. The molecule has 0 saturated carbocycles. The van der Waals surface area contributed by atoms with Crippen molar-refractivity contribution in [2.24, 2.45) is 5.73 Å². The third kappa shape index (κ3) is 3.80. The van der Waals surface area contributed by atoms with Gasteiger partial charge in [-0.3, -0.25) is 0 Å². The highest BCUT2D eigenvalue weighted by molar-refractivity contribution is 5.93. The zero-order chi connectivity index (χ0) is 19.3. The fourth-order valence-electron chi connectivity index (χ4n) is 3.60. The Morgan fingerprint density at radius 2 is 1.82 bits per heavy atom. The number of hydrogen-bond acceptors (Lipinski definition) is 3. The second-order valence-corrected chi connectivity index (χ2v) is 6.97. The van der Waals surface area contributed by atoms with Gasteiger partial charge in [-0.25, -0.2) is 0 Å². The summed E-state index contributed by atoms with van der Waals surface area (Å²) in [5.74, 6) is 0.948. The van der Waals surface area contributed by atoms with Gasteiger partial charge >= 0.3 is 0 Å². The van der Waals surface area contributed by atoms with Gasteiger partial charge in [0.15, 0.2) is 0 Å². The third-order valence-corrected chi connectivity index (χ3v) is 5.03. The predicted octanol–water partition coefficient (Wildman–Crippen LogP) is 5.74. The van der Waals surface area contributed by atoms with Gasteiger partial charge in [-0.15, -0.1) is 0 Å². The van der Waals surface area contributed by atoms with Crippen LogP contribution in [-0.4, -0.2) is 6.54 Å². The lowest BCUT2D eigenvalue weighted by molar-refractivity contribution is 0.303. The molecule has 0 fully saturated rings. The number of benzene rings is 3. The normalized spacial score (nSPS) is 11.1. The number of aryl methyl sites for hydroxylation is 1. The van der Waals surface area contributed by atoms with Crippen LogP contribution in [0.15, 0.2) is 77.4 Å². The summed E-state index contributed by atoms with van der Waals surface area (Å²) in [7, 11) is 0. The molecule has 0 unspecified atom stereocenters. The van der Waals surface area contributed by atoms with E-state index in [9.17, 15) is 0 Å². The van der Waals surface area contributed by atoms with Gasteiger partial charge in [-0.05, 0) is 65.9 Å². The zero-order valence-electron chi connectivity index (χ0n) is 16.2. The van der Waals surface area contributed by atoms with Crippen molar-refractivity contribution in [3.05, 3.63) is 89.7 Å². The van der Waals surface area contributed by atoms with Crippen molar-refractivity contribution in [1.29, 1.82) is 0 Å². The molecule has 1 heterocycles. The van der Waals surface area contributed by atoms with Gasteiger partial charge in [0, 0.05) is 10.9 Å². The number of nitrogens with two attached hydrogens (primary N) is 1. The van der Waals surface area contributed by atoms with E-state index in [0.717, 1.165) is 46.3 Å². The number of para-hydroxylation sites is 1. The fourth-order valence-corrected chi connectivity index (χ4v) is 3.60. The van der Waals surface area contributed by atoms with Crippen LogP contribution in [0.3, 0.4) is 0 Å². The van der Waals surface area contributed by atoms with E-state index in [4.69, 9.17) is 14.9 Å². The van der Waals surface area contributed by atoms with Crippen LogP contribution in [-0.2, 0) is 19.4 Å². The van der Waals surface area contributed by atoms with E-state index in [1.807, 2.05) is 18.2 Å². The van der Waals surface area contributed by atoms with Crippen LogP contribution in [0, 0.1) is 0 Å². The molecule has 28 heavy (non-hydrogen) atoms. The molecule has 3 aromatic carbocycles. The Morgan fingerprint density at radius 3 is 2.68 bits per heavy atom. The molecule has 0 aliphatic rings. The maximum Gasteiger partial charge on any atom is 0.141 e. The molecule has 0 spiro atoms. The van der Waals surface area contributed by atoms with E-state index >= 15 is 0 Å². The van der Waals surface area contributed by atoms with E-state index in [1.54, 1.807) is 6.26 Å². The van der Waals surface area contributed by atoms with Crippen molar-refractivity contribution >= 4 is 11.0 Å². The second-order valence-electron chi connectivity index (χ2n) is 6.97. The van der Waals surface area contributed by atoms with E-state index < -0.39 is 0 Å². The van der Waals surface area contributed by atoms with Gasteiger partial charge in [0.1, 0.15) is 17.9 Å². The molecule has 0 aliphatic carbocycles. The lowest BCUT2D eigenvalue weighted by Gasteiger charge is -2.12. The number of rotatable bonds is 7. The minimum Gasteiger partial charge on any atom is -0.489 e. The Morgan fingerprint density at radius 1 is 0.929 bits per heavy atom. The van der Waals surface area contributed by atoms with E-state index in [1.165, 1.54) is 11.1 Å². The summed E-state index contributed by atoms with van der Waals surface area (Å²) in [6.45, 7) is 3.31. The van der Waals surface area contributed by atoms with Gasteiger partial charge in [0.2, 0.25) is 0 Å². The lowest BCUT2D eigenvalue weighted by Crippen LogP contribution is -2.02. The number of ether oxygens (including phenoxy) is 1. The van der Waals surface area contributed by atoms with Crippen molar-refractivity contribution < 1.29 is 9.15 Å². The monoisotopic (exact) mass is 371 g/mol. The highest BCUT2D eigenvalue weighted by atomic mass is 16.5. The molecule has 4 rings (SSSR count). The van der Waals surface area contributed by atoms with E-state index in [-0.39, 0.29) is 0 Å². The van der Waals surface area contributed by atoms with E-state index in [2.05, 4.69) is 55.5 Å². The standard InChI is InChI=1S/C25H25NO2/c1-2-20-7-3-4-9-24(20)28-17-19-15-22-11-13-27-25(22)23(16-19)21-8-5-6-18(14-21)10-12-26/h3-9,11,13-16H,2,10,12,17,26H2,1H3. The molecule has 2 N–H and O–H groups in total. The smallest absolute Gasteiger partial charge is 0.141 e. The Balaban J connectivity index is 1.68.